The normalized spacial score (nSPS) is 20.6. The maximum Gasteiger partial charge on any atom is 0.190 e. The van der Waals surface area contributed by atoms with Crippen LogP contribution in [0.2, 0.25) is 0 Å². The molecule has 0 spiro atoms. The minimum absolute atomic E-state index is 0.0694. The molecule has 1 aromatic carbocycles. The average molecular weight is 213 g/mol. The second kappa shape index (κ2) is 4.14. The molecule has 1 atom stereocenters. The highest BCUT2D eigenvalue weighted by atomic mass is 19.1. The summed E-state index contributed by atoms with van der Waals surface area (Å²) in [5, 5.41) is 3.19. The Labute approximate surface area is 87.2 Å². The topological polar surface area (TPSA) is 21.3 Å². The number of halogens is 2. The van der Waals surface area contributed by atoms with Crippen LogP contribution < -0.4 is 10.1 Å². The Kier molecular flexibility index (Phi) is 2.86. The molecule has 1 aromatic rings. The van der Waals surface area contributed by atoms with Gasteiger partial charge in [0.05, 0.1) is 7.11 Å². The summed E-state index contributed by atoms with van der Waals surface area (Å²) in [4.78, 5) is 0. The van der Waals surface area contributed by atoms with Crippen molar-refractivity contribution in [3.63, 3.8) is 0 Å². The molecule has 2 rings (SSSR count). The van der Waals surface area contributed by atoms with E-state index in [2.05, 4.69) is 10.1 Å². The molecule has 1 aliphatic rings. The smallest absolute Gasteiger partial charge is 0.190 e. The summed E-state index contributed by atoms with van der Waals surface area (Å²) >= 11 is 0. The Morgan fingerprint density at radius 3 is 2.47 bits per heavy atom. The molecule has 4 heteroatoms. The van der Waals surface area contributed by atoms with Crippen LogP contribution in [0.3, 0.4) is 0 Å². The van der Waals surface area contributed by atoms with E-state index < -0.39 is 11.6 Å². The van der Waals surface area contributed by atoms with Gasteiger partial charge in [0.15, 0.2) is 17.4 Å². The van der Waals surface area contributed by atoms with Gasteiger partial charge in [0.1, 0.15) is 0 Å². The third-order valence-corrected chi connectivity index (χ3v) is 2.69. The summed E-state index contributed by atoms with van der Waals surface area (Å²) in [6.45, 7) is 0.903. The molecule has 0 bridgehead atoms. The first-order valence-electron chi connectivity index (χ1n) is 4.98. The van der Waals surface area contributed by atoms with Crippen molar-refractivity contribution in [2.24, 2.45) is 0 Å². The highest BCUT2D eigenvalue weighted by Crippen LogP contribution is 2.29. The predicted molar refractivity (Wildman–Crippen MR) is 52.9 cm³/mol. The monoisotopic (exact) mass is 213 g/mol. The minimum atomic E-state index is -0.638. The standard InChI is InChI=1S/C11H13F2NO/c1-15-11-8(12)5-7(6-9(11)13)10-3-2-4-14-10/h5-6,10,14H,2-4H2,1H3. The van der Waals surface area contributed by atoms with Crippen molar-refractivity contribution in [1.82, 2.24) is 5.32 Å². The Balaban J connectivity index is 2.33. The first-order valence-corrected chi connectivity index (χ1v) is 4.98. The first kappa shape index (κ1) is 10.4. The first-order chi connectivity index (χ1) is 7.22. The fourth-order valence-corrected chi connectivity index (χ4v) is 1.94. The molecule has 0 saturated carbocycles. The van der Waals surface area contributed by atoms with Crippen molar-refractivity contribution in [3.05, 3.63) is 29.3 Å². The maximum absolute atomic E-state index is 13.4. The number of benzene rings is 1. The van der Waals surface area contributed by atoms with Gasteiger partial charge in [-0.15, -0.1) is 0 Å². The zero-order valence-corrected chi connectivity index (χ0v) is 8.52. The van der Waals surface area contributed by atoms with E-state index in [9.17, 15) is 8.78 Å². The third kappa shape index (κ3) is 1.95. The molecule has 1 saturated heterocycles. The number of hydrogen-bond donors (Lipinski definition) is 1. The quantitative estimate of drug-likeness (QED) is 0.814. The molecule has 0 aliphatic carbocycles. The second-order valence-corrected chi connectivity index (χ2v) is 3.67. The van der Waals surface area contributed by atoms with Crippen LogP contribution in [0, 0.1) is 11.6 Å². The van der Waals surface area contributed by atoms with Crippen LogP contribution in [-0.4, -0.2) is 13.7 Å². The fraction of sp³-hybridized carbons (Fsp3) is 0.455. The van der Waals surface area contributed by atoms with Gasteiger partial charge >= 0.3 is 0 Å². The number of hydrogen-bond acceptors (Lipinski definition) is 2. The lowest BCUT2D eigenvalue weighted by Gasteiger charge is -2.12. The molecule has 1 unspecified atom stereocenters. The predicted octanol–water partition coefficient (Wildman–Crippen LogP) is 2.40. The van der Waals surface area contributed by atoms with Gasteiger partial charge in [-0.1, -0.05) is 0 Å². The van der Waals surface area contributed by atoms with Crippen LogP contribution in [0.1, 0.15) is 24.4 Å². The SMILES string of the molecule is COc1c(F)cc(C2CCCN2)cc1F. The largest absolute Gasteiger partial charge is 0.491 e. The van der Waals surface area contributed by atoms with E-state index in [1.165, 1.54) is 19.2 Å². The molecule has 15 heavy (non-hydrogen) atoms. The molecule has 1 fully saturated rings. The van der Waals surface area contributed by atoms with Crippen molar-refractivity contribution in [2.45, 2.75) is 18.9 Å². The summed E-state index contributed by atoms with van der Waals surface area (Å²) in [7, 11) is 1.26. The van der Waals surface area contributed by atoms with Gasteiger partial charge in [-0.2, -0.15) is 0 Å². The van der Waals surface area contributed by atoms with Gasteiger partial charge < -0.3 is 10.1 Å². The number of rotatable bonds is 2. The summed E-state index contributed by atoms with van der Waals surface area (Å²) in [6, 6.07) is 2.75. The Morgan fingerprint density at radius 2 is 2.00 bits per heavy atom. The molecule has 0 aromatic heterocycles. The van der Waals surface area contributed by atoms with Crippen LogP contribution in [0.5, 0.6) is 5.75 Å². The Bertz CT molecular complexity index is 339. The van der Waals surface area contributed by atoms with Gasteiger partial charge in [0.2, 0.25) is 0 Å². The summed E-state index contributed by atoms with van der Waals surface area (Å²) in [5.74, 6) is -1.58. The third-order valence-electron chi connectivity index (χ3n) is 2.69. The van der Waals surface area contributed by atoms with Gasteiger partial charge in [-0.3, -0.25) is 0 Å². The van der Waals surface area contributed by atoms with E-state index in [4.69, 9.17) is 0 Å². The van der Waals surface area contributed by atoms with E-state index in [1.54, 1.807) is 0 Å². The summed E-state index contributed by atoms with van der Waals surface area (Å²) in [6.07, 6.45) is 1.96. The van der Waals surface area contributed by atoms with Crippen molar-refractivity contribution >= 4 is 0 Å². The fourth-order valence-electron chi connectivity index (χ4n) is 1.94. The molecule has 1 heterocycles. The second-order valence-electron chi connectivity index (χ2n) is 3.67. The highest BCUT2D eigenvalue weighted by molar-refractivity contribution is 5.33. The molecular weight excluding hydrogens is 200 g/mol. The van der Waals surface area contributed by atoms with Gasteiger partial charge in [0.25, 0.3) is 0 Å². The lowest BCUT2D eigenvalue weighted by Crippen LogP contribution is -2.13. The van der Waals surface area contributed by atoms with Crippen LogP contribution in [0.4, 0.5) is 8.78 Å². The van der Waals surface area contributed by atoms with Crippen molar-refractivity contribution in [1.29, 1.82) is 0 Å². The minimum Gasteiger partial charge on any atom is -0.491 e. The van der Waals surface area contributed by atoms with Crippen molar-refractivity contribution < 1.29 is 13.5 Å². The van der Waals surface area contributed by atoms with E-state index in [0.29, 0.717) is 5.56 Å². The molecule has 1 N–H and O–H groups in total. The zero-order chi connectivity index (χ0) is 10.8. The van der Waals surface area contributed by atoms with Crippen LogP contribution >= 0.6 is 0 Å². The molecule has 0 radical (unpaired) electrons. The molecule has 0 amide bonds. The molecular formula is C11H13F2NO. The van der Waals surface area contributed by atoms with Gasteiger partial charge in [-0.05, 0) is 37.1 Å². The van der Waals surface area contributed by atoms with Gasteiger partial charge in [0, 0.05) is 6.04 Å². The van der Waals surface area contributed by atoms with E-state index in [0.717, 1.165) is 19.4 Å². The van der Waals surface area contributed by atoms with Crippen LogP contribution in [0.15, 0.2) is 12.1 Å². The maximum atomic E-state index is 13.4. The average Bonchev–Trinajstić information content (AvgIpc) is 2.69. The van der Waals surface area contributed by atoms with Gasteiger partial charge in [-0.25, -0.2) is 8.78 Å². The summed E-state index contributed by atoms with van der Waals surface area (Å²) in [5.41, 5.74) is 0.656. The van der Waals surface area contributed by atoms with E-state index in [1.807, 2.05) is 0 Å². The van der Waals surface area contributed by atoms with Crippen molar-refractivity contribution in [3.8, 4) is 5.75 Å². The lowest BCUT2D eigenvalue weighted by atomic mass is 10.0. The summed E-state index contributed by atoms with van der Waals surface area (Å²) < 4.78 is 31.4. The van der Waals surface area contributed by atoms with Crippen LogP contribution in [-0.2, 0) is 0 Å². The lowest BCUT2D eigenvalue weighted by molar-refractivity contribution is 0.358. The highest BCUT2D eigenvalue weighted by Gasteiger charge is 2.20. The van der Waals surface area contributed by atoms with Crippen LogP contribution in [0.25, 0.3) is 0 Å². The number of nitrogens with one attached hydrogen (secondary N) is 1. The van der Waals surface area contributed by atoms with E-state index in [-0.39, 0.29) is 11.8 Å². The molecule has 82 valence electrons. The Hall–Kier alpha value is -1.16. The number of ether oxygens (including phenoxy) is 1. The Morgan fingerprint density at radius 1 is 1.33 bits per heavy atom. The molecule has 2 nitrogen and oxygen atoms in total. The zero-order valence-electron chi connectivity index (χ0n) is 8.52. The van der Waals surface area contributed by atoms with E-state index >= 15 is 0 Å². The number of methoxy groups -OCH3 is 1. The van der Waals surface area contributed by atoms with Crippen molar-refractivity contribution in [2.75, 3.05) is 13.7 Å². The molecule has 1 aliphatic heterocycles.